The van der Waals surface area contributed by atoms with Crippen molar-refractivity contribution < 1.29 is 8.91 Å². The van der Waals surface area contributed by atoms with E-state index in [1.165, 1.54) is 12.1 Å². The Kier molecular flexibility index (Phi) is 4.47. The van der Waals surface area contributed by atoms with Gasteiger partial charge >= 0.3 is 0 Å². The summed E-state index contributed by atoms with van der Waals surface area (Å²) in [4.78, 5) is 6.39. The van der Waals surface area contributed by atoms with Crippen molar-refractivity contribution in [3.8, 4) is 0 Å². The molecule has 1 aliphatic rings. The zero-order valence-corrected chi connectivity index (χ0v) is 12.7. The lowest BCUT2D eigenvalue weighted by Gasteiger charge is -2.24. The van der Waals surface area contributed by atoms with Crippen LogP contribution < -0.4 is 10.9 Å². The molecule has 0 bridgehead atoms. The average molecular weight is 305 g/mol. The molecular formula is C15H20FN5O. The van der Waals surface area contributed by atoms with E-state index >= 15 is 0 Å². The quantitative estimate of drug-likeness (QED) is 0.871. The van der Waals surface area contributed by atoms with Crippen LogP contribution in [0.5, 0.6) is 0 Å². The Morgan fingerprint density at radius 3 is 2.82 bits per heavy atom. The van der Waals surface area contributed by atoms with E-state index in [4.69, 9.17) is 4.52 Å². The van der Waals surface area contributed by atoms with Crippen molar-refractivity contribution in [2.45, 2.75) is 19.5 Å². The average Bonchev–Trinajstić information content (AvgIpc) is 3.09. The number of nitrogens with one attached hydrogen (secondary N) is 2. The topological polar surface area (TPSA) is 66.2 Å². The number of halogens is 1. The second kappa shape index (κ2) is 6.51. The van der Waals surface area contributed by atoms with Gasteiger partial charge in [0.25, 0.3) is 0 Å². The van der Waals surface area contributed by atoms with Gasteiger partial charge in [-0.05, 0) is 24.7 Å². The monoisotopic (exact) mass is 305 g/mol. The van der Waals surface area contributed by atoms with Crippen molar-refractivity contribution in [3.63, 3.8) is 0 Å². The lowest BCUT2D eigenvalue weighted by Crippen LogP contribution is -2.30. The fraction of sp³-hybridized carbons (Fsp3) is 0.467. The fourth-order valence-electron chi connectivity index (χ4n) is 2.84. The lowest BCUT2D eigenvalue weighted by atomic mass is 9.94. The van der Waals surface area contributed by atoms with Crippen LogP contribution in [0.1, 0.15) is 23.3 Å². The first kappa shape index (κ1) is 15.1. The molecule has 2 N–H and O–H groups in total. The molecule has 0 spiro atoms. The zero-order chi connectivity index (χ0) is 15.5. The number of benzene rings is 1. The third-order valence-electron chi connectivity index (χ3n) is 3.85. The molecule has 0 radical (unpaired) electrons. The molecule has 22 heavy (non-hydrogen) atoms. The van der Waals surface area contributed by atoms with Gasteiger partial charge in [0.05, 0.1) is 12.6 Å². The normalized spacial score (nSPS) is 21.6. The Morgan fingerprint density at radius 1 is 1.36 bits per heavy atom. The molecule has 1 fully saturated rings. The Hall–Kier alpha value is -1.83. The lowest BCUT2D eigenvalue weighted by molar-refractivity contribution is 0.253. The Labute approximate surface area is 128 Å². The highest BCUT2D eigenvalue weighted by atomic mass is 19.1. The summed E-state index contributed by atoms with van der Waals surface area (Å²) in [5.74, 6) is 1.44. The van der Waals surface area contributed by atoms with Gasteiger partial charge in [0, 0.05) is 25.9 Å². The van der Waals surface area contributed by atoms with Crippen molar-refractivity contribution in [1.82, 2.24) is 25.9 Å². The molecule has 1 aliphatic heterocycles. The van der Waals surface area contributed by atoms with Crippen molar-refractivity contribution in [3.05, 3.63) is 47.4 Å². The SMILES string of the molecule is Cc1nc(CN(C)CC2CNNC2c2ccc(F)cc2)no1. The van der Waals surface area contributed by atoms with E-state index in [0.717, 1.165) is 18.7 Å². The molecule has 0 amide bonds. The zero-order valence-electron chi connectivity index (χ0n) is 12.7. The van der Waals surface area contributed by atoms with E-state index in [1.807, 2.05) is 19.2 Å². The first-order valence-corrected chi connectivity index (χ1v) is 7.33. The molecule has 1 saturated heterocycles. The highest BCUT2D eigenvalue weighted by Gasteiger charge is 2.29. The summed E-state index contributed by atoms with van der Waals surface area (Å²) >= 11 is 0. The molecule has 6 nitrogen and oxygen atoms in total. The summed E-state index contributed by atoms with van der Waals surface area (Å²) in [6.45, 7) is 4.16. The molecule has 2 heterocycles. The first-order chi connectivity index (χ1) is 10.6. The minimum absolute atomic E-state index is 0.162. The summed E-state index contributed by atoms with van der Waals surface area (Å²) in [6.07, 6.45) is 0. The number of hydrogen-bond acceptors (Lipinski definition) is 6. The number of nitrogens with zero attached hydrogens (tertiary/aromatic N) is 3. The van der Waals surface area contributed by atoms with E-state index in [-0.39, 0.29) is 11.9 Å². The summed E-state index contributed by atoms with van der Waals surface area (Å²) in [6, 6.07) is 6.82. The second-order valence-electron chi connectivity index (χ2n) is 5.74. The van der Waals surface area contributed by atoms with Gasteiger partial charge in [0.2, 0.25) is 5.89 Å². The van der Waals surface area contributed by atoms with Gasteiger partial charge in [0.1, 0.15) is 5.82 Å². The Balaban J connectivity index is 1.62. The predicted octanol–water partition coefficient (Wildman–Crippen LogP) is 1.41. The Bertz CT molecular complexity index is 615. The van der Waals surface area contributed by atoms with Gasteiger partial charge in [0.15, 0.2) is 5.82 Å². The first-order valence-electron chi connectivity index (χ1n) is 7.33. The number of rotatable bonds is 5. The molecular weight excluding hydrogens is 285 g/mol. The van der Waals surface area contributed by atoms with Crippen LogP contribution in [0.15, 0.2) is 28.8 Å². The van der Waals surface area contributed by atoms with Gasteiger partial charge in [-0.1, -0.05) is 17.3 Å². The van der Waals surface area contributed by atoms with E-state index in [2.05, 4.69) is 25.9 Å². The summed E-state index contributed by atoms with van der Waals surface area (Å²) < 4.78 is 18.0. The maximum Gasteiger partial charge on any atom is 0.223 e. The standard InChI is InChI=1S/C15H20FN5O/c1-10-18-14(20-22-10)9-21(2)8-12-7-17-19-15(12)11-3-5-13(16)6-4-11/h3-6,12,15,17,19H,7-9H2,1-2H3. The van der Waals surface area contributed by atoms with Crippen LogP contribution in [0.25, 0.3) is 0 Å². The van der Waals surface area contributed by atoms with Crippen LogP contribution in [0.3, 0.4) is 0 Å². The minimum atomic E-state index is -0.212. The van der Waals surface area contributed by atoms with Crippen molar-refractivity contribution in [2.75, 3.05) is 20.1 Å². The van der Waals surface area contributed by atoms with Crippen LogP contribution in [-0.2, 0) is 6.54 Å². The van der Waals surface area contributed by atoms with Crippen LogP contribution in [0.4, 0.5) is 4.39 Å². The number of aromatic nitrogens is 2. The van der Waals surface area contributed by atoms with Gasteiger partial charge in [-0.15, -0.1) is 0 Å². The molecule has 2 unspecified atom stereocenters. The third-order valence-corrected chi connectivity index (χ3v) is 3.85. The molecule has 3 rings (SSSR count). The van der Waals surface area contributed by atoms with Gasteiger partial charge in [-0.3, -0.25) is 10.3 Å². The third kappa shape index (κ3) is 3.49. The number of hydrazine groups is 1. The highest BCUT2D eigenvalue weighted by molar-refractivity contribution is 5.21. The smallest absolute Gasteiger partial charge is 0.223 e. The molecule has 2 aromatic rings. The molecule has 0 aliphatic carbocycles. The van der Waals surface area contributed by atoms with E-state index in [1.54, 1.807) is 6.92 Å². The molecule has 1 aromatic heterocycles. The molecule has 118 valence electrons. The highest BCUT2D eigenvalue weighted by Crippen LogP contribution is 2.25. The van der Waals surface area contributed by atoms with Crippen molar-refractivity contribution >= 4 is 0 Å². The maximum atomic E-state index is 13.1. The molecule has 1 aromatic carbocycles. The van der Waals surface area contributed by atoms with Gasteiger partial charge in [-0.2, -0.15) is 4.98 Å². The van der Waals surface area contributed by atoms with Crippen LogP contribution >= 0.6 is 0 Å². The fourth-order valence-corrected chi connectivity index (χ4v) is 2.84. The molecule has 2 atom stereocenters. The predicted molar refractivity (Wildman–Crippen MR) is 79.1 cm³/mol. The second-order valence-corrected chi connectivity index (χ2v) is 5.74. The van der Waals surface area contributed by atoms with E-state index < -0.39 is 0 Å². The van der Waals surface area contributed by atoms with Gasteiger partial charge in [-0.25, -0.2) is 9.82 Å². The molecule has 7 heteroatoms. The number of aryl methyl sites for hydroxylation is 1. The van der Waals surface area contributed by atoms with Crippen molar-refractivity contribution in [1.29, 1.82) is 0 Å². The summed E-state index contributed by atoms with van der Waals surface area (Å²) in [5.41, 5.74) is 7.54. The van der Waals surface area contributed by atoms with Gasteiger partial charge < -0.3 is 4.52 Å². The maximum absolute atomic E-state index is 13.1. The number of hydrogen-bond donors (Lipinski definition) is 2. The largest absolute Gasteiger partial charge is 0.340 e. The summed E-state index contributed by atoms with van der Waals surface area (Å²) in [7, 11) is 2.03. The van der Waals surface area contributed by atoms with E-state index in [9.17, 15) is 4.39 Å². The van der Waals surface area contributed by atoms with Crippen molar-refractivity contribution in [2.24, 2.45) is 5.92 Å². The van der Waals surface area contributed by atoms with Crippen LogP contribution in [0, 0.1) is 18.7 Å². The van der Waals surface area contributed by atoms with Crippen LogP contribution in [-0.4, -0.2) is 35.2 Å². The Morgan fingerprint density at radius 2 is 2.14 bits per heavy atom. The van der Waals surface area contributed by atoms with Crippen LogP contribution in [0.2, 0.25) is 0 Å². The molecule has 0 saturated carbocycles. The van der Waals surface area contributed by atoms with E-state index in [0.29, 0.717) is 24.2 Å². The minimum Gasteiger partial charge on any atom is -0.340 e. The summed E-state index contributed by atoms with van der Waals surface area (Å²) in [5, 5.41) is 3.92.